The van der Waals surface area contributed by atoms with E-state index in [-0.39, 0.29) is 0 Å². The van der Waals surface area contributed by atoms with Crippen LogP contribution in [0.15, 0.2) is 42.5 Å². The Labute approximate surface area is 95.9 Å². The van der Waals surface area contributed by atoms with Crippen LogP contribution < -0.4 is 0 Å². The molecule has 0 saturated carbocycles. The third-order valence-electron chi connectivity index (χ3n) is 3.20. The summed E-state index contributed by atoms with van der Waals surface area (Å²) < 4.78 is 0. The van der Waals surface area contributed by atoms with Gasteiger partial charge in [0.1, 0.15) is 0 Å². The minimum Gasteiger partial charge on any atom is -0.120 e. The fourth-order valence-electron chi connectivity index (χ4n) is 2.53. The van der Waals surface area contributed by atoms with Gasteiger partial charge in [0.2, 0.25) is 0 Å². The summed E-state index contributed by atoms with van der Waals surface area (Å²) in [4.78, 5) is 0. The minimum atomic E-state index is 0.720. The van der Waals surface area contributed by atoms with Crippen molar-refractivity contribution in [1.82, 2.24) is 0 Å². The molecule has 0 heteroatoms. The molecule has 0 spiro atoms. The summed E-state index contributed by atoms with van der Waals surface area (Å²) in [5, 5.41) is 0. The molecule has 0 fully saturated rings. The van der Waals surface area contributed by atoms with Crippen molar-refractivity contribution in [2.75, 3.05) is 0 Å². The summed E-state index contributed by atoms with van der Waals surface area (Å²) >= 11 is 0. The van der Waals surface area contributed by atoms with Crippen LogP contribution in [0.3, 0.4) is 0 Å². The molecule has 2 aromatic carbocycles. The van der Waals surface area contributed by atoms with Crippen LogP contribution in [0, 0.1) is 12.3 Å². The topological polar surface area (TPSA) is 0 Å². The smallest absolute Gasteiger partial charge is 0.0343 e. The summed E-state index contributed by atoms with van der Waals surface area (Å²) in [6, 6.07) is 15.1. The second-order valence-corrected chi connectivity index (χ2v) is 4.17. The largest absolute Gasteiger partial charge is 0.120 e. The number of hydrogen-bond acceptors (Lipinski definition) is 0. The fraction of sp³-hybridized carbons (Fsp3) is 0.125. The molecule has 0 atom stereocenters. The van der Waals surface area contributed by atoms with E-state index in [1.165, 1.54) is 27.8 Å². The van der Waals surface area contributed by atoms with Crippen molar-refractivity contribution < 1.29 is 0 Å². The van der Waals surface area contributed by atoms with E-state index >= 15 is 0 Å². The van der Waals surface area contributed by atoms with Gasteiger partial charge in [-0.05, 0) is 34.2 Å². The zero-order chi connectivity index (χ0) is 11.0. The molecular weight excluding hydrogens is 192 g/mol. The van der Waals surface area contributed by atoms with Crippen molar-refractivity contribution in [1.29, 1.82) is 0 Å². The van der Waals surface area contributed by atoms with Gasteiger partial charge in [0.25, 0.3) is 0 Å². The monoisotopic (exact) mass is 204 g/mol. The molecule has 0 saturated heterocycles. The van der Waals surface area contributed by atoms with Crippen LogP contribution in [-0.2, 0) is 12.8 Å². The maximum absolute atomic E-state index is 5.42. The Morgan fingerprint density at radius 1 is 1.00 bits per heavy atom. The highest BCUT2D eigenvalue weighted by molar-refractivity contribution is 5.79. The Morgan fingerprint density at radius 2 is 1.81 bits per heavy atom. The molecule has 1 aliphatic rings. The van der Waals surface area contributed by atoms with E-state index in [4.69, 9.17) is 6.42 Å². The van der Waals surface area contributed by atoms with Crippen molar-refractivity contribution >= 4 is 0 Å². The average Bonchev–Trinajstić information content (AvgIpc) is 2.68. The molecule has 1 aliphatic carbocycles. The van der Waals surface area contributed by atoms with E-state index in [0.29, 0.717) is 0 Å². The molecule has 0 aliphatic heterocycles. The standard InChI is InChI=1S/C16H12/c1-2-6-12-8-5-9-14-11-13-7-3-4-10-15(13)16(12)14/h1,3-5,7-10H,6,11H2. The van der Waals surface area contributed by atoms with Crippen LogP contribution in [0.4, 0.5) is 0 Å². The van der Waals surface area contributed by atoms with Crippen LogP contribution in [0.5, 0.6) is 0 Å². The van der Waals surface area contributed by atoms with Crippen molar-refractivity contribution in [3.63, 3.8) is 0 Å². The van der Waals surface area contributed by atoms with Gasteiger partial charge in [0, 0.05) is 6.42 Å². The van der Waals surface area contributed by atoms with E-state index in [1.807, 2.05) is 0 Å². The molecule has 2 aromatic rings. The average molecular weight is 204 g/mol. The van der Waals surface area contributed by atoms with Crippen molar-refractivity contribution in [3.05, 3.63) is 59.2 Å². The lowest BCUT2D eigenvalue weighted by Gasteiger charge is -2.06. The van der Waals surface area contributed by atoms with Gasteiger partial charge in [-0.25, -0.2) is 0 Å². The summed E-state index contributed by atoms with van der Waals surface area (Å²) in [5.41, 5.74) is 6.85. The maximum atomic E-state index is 5.42. The van der Waals surface area contributed by atoms with Gasteiger partial charge < -0.3 is 0 Å². The summed E-state index contributed by atoms with van der Waals surface area (Å²) in [6.45, 7) is 0. The molecule has 0 heterocycles. The number of rotatable bonds is 1. The highest BCUT2D eigenvalue weighted by Crippen LogP contribution is 2.38. The zero-order valence-electron chi connectivity index (χ0n) is 9.03. The second-order valence-electron chi connectivity index (χ2n) is 4.17. The molecule has 3 rings (SSSR count). The number of terminal acetylenes is 1. The lowest BCUT2D eigenvalue weighted by atomic mass is 9.98. The first kappa shape index (κ1) is 9.24. The fourth-order valence-corrected chi connectivity index (χ4v) is 2.53. The zero-order valence-corrected chi connectivity index (χ0v) is 9.03. The predicted molar refractivity (Wildman–Crippen MR) is 67.2 cm³/mol. The van der Waals surface area contributed by atoms with Gasteiger partial charge in [0.15, 0.2) is 0 Å². The molecule has 76 valence electrons. The van der Waals surface area contributed by atoms with Crippen molar-refractivity contribution in [2.45, 2.75) is 12.8 Å². The first-order chi connectivity index (χ1) is 7.90. The molecular formula is C16H12. The van der Waals surface area contributed by atoms with Gasteiger partial charge in [-0.1, -0.05) is 42.5 Å². The molecule has 0 N–H and O–H groups in total. The third-order valence-corrected chi connectivity index (χ3v) is 3.20. The lowest BCUT2D eigenvalue weighted by Crippen LogP contribution is -1.88. The highest BCUT2D eigenvalue weighted by Gasteiger charge is 2.19. The quantitative estimate of drug-likeness (QED) is 0.533. The van der Waals surface area contributed by atoms with Gasteiger partial charge in [-0.15, -0.1) is 12.3 Å². The second kappa shape index (κ2) is 3.54. The minimum absolute atomic E-state index is 0.720. The SMILES string of the molecule is C#CCc1cccc2c1-c1ccccc1C2. The molecule has 16 heavy (non-hydrogen) atoms. The van der Waals surface area contributed by atoms with Crippen LogP contribution in [0.25, 0.3) is 11.1 Å². The number of hydrogen-bond donors (Lipinski definition) is 0. The summed E-state index contributed by atoms with van der Waals surface area (Å²) in [7, 11) is 0. The molecule has 0 bridgehead atoms. The first-order valence-electron chi connectivity index (χ1n) is 5.52. The van der Waals surface area contributed by atoms with Crippen LogP contribution in [0.1, 0.15) is 16.7 Å². The van der Waals surface area contributed by atoms with Gasteiger partial charge >= 0.3 is 0 Å². The van der Waals surface area contributed by atoms with Crippen LogP contribution in [-0.4, -0.2) is 0 Å². The Hall–Kier alpha value is -2.00. The van der Waals surface area contributed by atoms with E-state index in [2.05, 4.69) is 48.4 Å². The Morgan fingerprint density at radius 3 is 2.69 bits per heavy atom. The maximum Gasteiger partial charge on any atom is 0.0343 e. The molecule has 0 nitrogen and oxygen atoms in total. The van der Waals surface area contributed by atoms with Crippen molar-refractivity contribution in [2.24, 2.45) is 0 Å². The Bertz CT molecular complexity index is 585. The summed E-state index contributed by atoms with van der Waals surface area (Å²) in [5.74, 6) is 2.74. The van der Waals surface area contributed by atoms with Gasteiger partial charge in [0.05, 0.1) is 0 Å². The van der Waals surface area contributed by atoms with E-state index in [0.717, 1.165) is 12.8 Å². The van der Waals surface area contributed by atoms with Crippen LogP contribution in [0.2, 0.25) is 0 Å². The third kappa shape index (κ3) is 1.26. The van der Waals surface area contributed by atoms with Crippen LogP contribution >= 0.6 is 0 Å². The Kier molecular flexibility index (Phi) is 2.04. The van der Waals surface area contributed by atoms with E-state index < -0.39 is 0 Å². The van der Waals surface area contributed by atoms with Gasteiger partial charge in [-0.2, -0.15) is 0 Å². The van der Waals surface area contributed by atoms with E-state index in [9.17, 15) is 0 Å². The van der Waals surface area contributed by atoms with Crippen molar-refractivity contribution in [3.8, 4) is 23.5 Å². The Balaban J connectivity index is 2.26. The first-order valence-corrected chi connectivity index (χ1v) is 5.52. The predicted octanol–water partition coefficient (Wildman–Crippen LogP) is 3.43. The van der Waals surface area contributed by atoms with Gasteiger partial charge in [-0.3, -0.25) is 0 Å². The summed E-state index contributed by atoms with van der Waals surface area (Å²) in [6.07, 6.45) is 7.19. The molecule has 0 aromatic heterocycles. The number of fused-ring (bicyclic) bond motifs is 3. The molecule has 0 unspecified atom stereocenters. The molecule has 0 radical (unpaired) electrons. The molecule has 0 amide bonds. The lowest BCUT2D eigenvalue weighted by molar-refractivity contribution is 1.24. The highest BCUT2D eigenvalue weighted by atomic mass is 14.2. The normalized spacial score (nSPS) is 11.7. The number of benzene rings is 2. The van der Waals surface area contributed by atoms with E-state index in [1.54, 1.807) is 0 Å².